The lowest BCUT2D eigenvalue weighted by Gasteiger charge is -2.34. The normalized spacial score (nSPS) is 20.3. The van der Waals surface area contributed by atoms with Crippen molar-refractivity contribution in [3.05, 3.63) is 0 Å². The van der Waals surface area contributed by atoms with Crippen LogP contribution in [0.25, 0.3) is 0 Å². The fraction of sp³-hybridized carbons (Fsp3) is 0.750. The van der Waals surface area contributed by atoms with Gasteiger partial charge in [0.25, 0.3) is 0 Å². The van der Waals surface area contributed by atoms with E-state index < -0.39 is 11.8 Å². The van der Waals surface area contributed by atoms with Gasteiger partial charge in [-0.05, 0) is 18.8 Å². The van der Waals surface area contributed by atoms with Crippen LogP contribution in [0.15, 0.2) is 0 Å². The standard InChI is InChI=1S/C12H18N4O2/c13-3-4-14-11(17)12(18)16-7-5-15(6-8-16)9-10-1-2-10/h10H,1-2,4-9H2,(H,14,17). The molecule has 2 fully saturated rings. The summed E-state index contributed by atoms with van der Waals surface area (Å²) in [5.41, 5.74) is 0. The molecule has 2 rings (SSSR count). The highest BCUT2D eigenvalue weighted by Crippen LogP contribution is 2.29. The molecule has 0 aromatic carbocycles. The number of carbonyl (C=O) groups excluding carboxylic acids is 2. The fourth-order valence-corrected chi connectivity index (χ4v) is 2.14. The highest BCUT2D eigenvalue weighted by atomic mass is 16.2. The van der Waals surface area contributed by atoms with Crippen LogP contribution < -0.4 is 5.32 Å². The van der Waals surface area contributed by atoms with Crippen molar-refractivity contribution in [2.75, 3.05) is 39.3 Å². The van der Waals surface area contributed by atoms with Crippen molar-refractivity contribution >= 4 is 11.8 Å². The van der Waals surface area contributed by atoms with Crippen molar-refractivity contribution in [2.45, 2.75) is 12.8 Å². The lowest BCUT2D eigenvalue weighted by molar-refractivity contribution is -0.146. The molecule has 6 nitrogen and oxygen atoms in total. The molecule has 0 bridgehead atoms. The van der Waals surface area contributed by atoms with E-state index in [1.54, 1.807) is 11.0 Å². The topological polar surface area (TPSA) is 76.4 Å². The van der Waals surface area contributed by atoms with Gasteiger partial charge in [-0.3, -0.25) is 14.5 Å². The van der Waals surface area contributed by atoms with E-state index in [1.165, 1.54) is 12.8 Å². The Morgan fingerprint density at radius 2 is 1.89 bits per heavy atom. The number of hydrogen-bond donors (Lipinski definition) is 1. The maximum Gasteiger partial charge on any atom is 0.311 e. The van der Waals surface area contributed by atoms with Crippen LogP contribution in [0.1, 0.15) is 12.8 Å². The predicted octanol–water partition coefficient (Wildman–Crippen LogP) is -0.820. The molecule has 0 radical (unpaired) electrons. The van der Waals surface area contributed by atoms with Crippen LogP contribution in [0.5, 0.6) is 0 Å². The molecule has 1 aliphatic carbocycles. The largest absolute Gasteiger partial charge is 0.335 e. The van der Waals surface area contributed by atoms with Crippen LogP contribution >= 0.6 is 0 Å². The van der Waals surface area contributed by atoms with Gasteiger partial charge in [0.15, 0.2) is 0 Å². The Labute approximate surface area is 107 Å². The Kier molecular flexibility index (Phi) is 4.15. The number of nitrogens with zero attached hydrogens (tertiary/aromatic N) is 3. The molecule has 0 aromatic heterocycles. The smallest absolute Gasteiger partial charge is 0.311 e. The number of piperazine rings is 1. The Balaban J connectivity index is 1.72. The first-order valence-electron chi connectivity index (χ1n) is 6.37. The summed E-state index contributed by atoms with van der Waals surface area (Å²) in [5, 5.41) is 10.6. The van der Waals surface area contributed by atoms with Gasteiger partial charge in [0.1, 0.15) is 6.54 Å². The number of amides is 2. The van der Waals surface area contributed by atoms with Crippen molar-refractivity contribution in [2.24, 2.45) is 5.92 Å². The van der Waals surface area contributed by atoms with E-state index in [0.29, 0.717) is 13.1 Å². The molecular weight excluding hydrogens is 232 g/mol. The second-order valence-electron chi connectivity index (χ2n) is 4.88. The molecule has 0 spiro atoms. The van der Waals surface area contributed by atoms with Crippen LogP contribution in [0.4, 0.5) is 0 Å². The van der Waals surface area contributed by atoms with E-state index in [-0.39, 0.29) is 6.54 Å². The van der Waals surface area contributed by atoms with Crippen molar-refractivity contribution < 1.29 is 9.59 Å². The van der Waals surface area contributed by atoms with Gasteiger partial charge in [-0.1, -0.05) is 0 Å². The minimum absolute atomic E-state index is 0.119. The first kappa shape index (κ1) is 12.8. The van der Waals surface area contributed by atoms with E-state index in [1.807, 2.05) is 0 Å². The molecular formula is C12H18N4O2. The van der Waals surface area contributed by atoms with Crippen molar-refractivity contribution in [3.63, 3.8) is 0 Å². The van der Waals surface area contributed by atoms with Crippen molar-refractivity contribution in [3.8, 4) is 6.07 Å². The lowest BCUT2D eigenvalue weighted by Crippen LogP contribution is -2.52. The van der Waals surface area contributed by atoms with Gasteiger partial charge in [0.05, 0.1) is 6.07 Å². The van der Waals surface area contributed by atoms with Gasteiger partial charge >= 0.3 is 11.8 Å². The van der Waals surface area contributed by atoms with E-state index in [9.17, 15) is 9.59 Å². The Bertz CT molecular complexity index is 365. The average Bonchev–Trinajstić information content (AvgIpc) is 3.20. The molecule has 2 amide bonds. The molecule has 18 heavy (non-hydrogen) atoms. The highest BCUT2D eigenvalue weighted by Gasteiger charge is 2.29. The molecule has 1 saturated heterocycles. The molecule has 0 atom stereocenters. The average molecular weight is 250 g/mol. The van der Waals surface area contributed by atoms with E-state index in [2.05, 4.69) is 10.2 Å². The van der Waals surface area contributed by atoms with Gasteiger partial charge in [0.2, 0.25) is 0 Å². The minimum Gasteiger partial charge on any atom is -0.335 e. The highest BCUT2D eigenvalue weighted by molar-refractivity contribution is 6.35. The summed E-state index contributed by atoms with van der Waals surface area (Å²) >= 11 is 0. The summed E-state index contributed by atoms with van der Waals surface area (Å²) in [6.07, 6.45) is 2.66. The SMILES string of the molecule is N#CCNC(=O)C(=O)N1CCN(CC2CC2)CC1. The fourth-order valence-electron chi connectivity index (χ4n) is 2.14. The number of carbonyl (C=O) groups is 2. The van der Waals surface area contributed by atoms with Crippen molar-refractivity contribution in [1.29, 1.82) is 5.26 Å². The summed E-state index contributed by atoms with van der Waals surface area (Å²) in [4.78, 5) is 27.1. The van der Waals surface area contributed by atoms with Crippen LogP contribution in [-0.4, -0.2) is 60.9 Å². The Hall–Kier alpha value is -1.61. The van der Waals surface area contributed by atoms with Gasteiger partial charge in [0, 0.05) is 32.7 Å². The Morgan fingerprint density at radius 1 is 1.22 bits per heavy atom. The molecule has 1 N–H and O–H groups in total. The summed E-state index contributed by atoms with van der Waals surface area (Å²) < 4.78 is 0. The first-order valence-corrected chi connectivity index (χ1v) is 6.37. The summed E-state index contributed by atoms with van der Waals surface area (Å²) in [7, 11) is 0. The van der Waals surface area contributed by atoms with E-state index in [4.69, 9.17) is 5.26 Å². The number of nitriles is 1. The zero-order valence-electron chi connectivity index (χ0n) is 10.4. The van der Waals surface area contributed by atoms with Crippen LogP contribution in [0.2, 0.25) is 0 Å². The zero-order valence-corrected chi connectivity index (χ0v) is 10.4. The minimum atomic E-state index is -0.674. The van der Waals surface area contributed by atoms with Gasteiger partial charge < -0.3 is 10.2 Å². The number of rotatable bonds is 3. The summed E-state index contributed by atoms with van der Waals surface area (Å²) in [6, 6.07) is 1.78. The zero-order chi connectivity index (χ0) is 13.0. The number of hydrogen-bond acceptors (Lipinski definition) is 4. The van der Waals surface area contributed by atoms with Gasteiger partial charge in [-0.2, -0.15) is 5.26 Å². The Morgan fingerprint density at radius 3 is 2.44 bits per heavy atom. The van der Waals surface area contributed by atoms with Crippen LogP contribution in [0, 0.1) is 17.2 Å². The van der Waals surface area contributed by atoms with E-state index in [0.717, 1.165) is 25.6 Å². The number of nitrogens with one attached hydrogen (secondary N) is 1. The molecule has 1 aliphatic heterocycles. The lowest BCUT2D eigenvalue weighted by atomic mass is 10.2. The molecule has 6 heteroatoms. The quantitative estimate of drug-likeness (QED) is 0.524. The molecule has 0 unspecified atom stereocenters. The summed E-state index contributed by atoms with van der Waals surface area (Å²) in [6.45, 7) is 3.90. The van der Waals surface area contributed by atoms with Gasteiger partial charge in [-0.25, -0.2) is 0 Å². The monoisotopic (exact) mass is 250 g/mol. The maximum atomic E-state index is 11.7. The third-order valence-electron chi connectivity index (χ3n) is 3.40. The first-order chi connectivity index (χ1) is 8.70. The molecule has 0 aromatic rings. The second kappa shape index (κ2) is 5.83. The predicted molar refractivity (Wildman–Crippen MR) is 64.4 cm³/mol. The maximum absolute atomic E-state index is 11.7. The second-order valence-corrected chi connectivity index (χ2v) is 4.88. The van der Waals surface area contributed by atoms with Gasteiger partial charge in [-0.15, -0.1) is 0 Å². The molecule has 98 valence electrons. The molecule has 1 heterocycles. The summed E-state index contributed by atoms with van der Waals surface area (Å²) in [5.74, 6) is -0.338. The van der Waals surface area contributed by atoms with Crippen molar-refractivity contribution in [1.82, 2.24) is 15.1 Å². The van der Waals surface area contributed by atoms with Crippen LogP contribution in [-0.2, 0) is 9.59 Å². The third kappa shape index (κ3) is 3.44. The van der Waals surface area contributed by atoms with E-state index >= 15 is 0 Å². The molecule has 1 saturated carbocycles. The van der Waals surface area contributed by atoms with Crippen LogP contribution in [0.3, 0.4) is 0 Å². The molecule has 2 aliphatic rings. The third-order valence-corrected chi connectivity index (χ3v) is 3.40.